The average Bonchev–Trinajstić information content (AvgIpc) is 3.09. The number of nitrogens with zero attached hydrogens (tertiary/aromatic N) is 4. The van der Waals surface area contributed by atoms with Gasteiger partial charge in [0.2, 0.25) is 0 Å². The van der Waals surface area contributed by atoms with Gasteiger partial charge in [-0.05, 0) is 12.5 Å². The van der Waals surface area contributed by atoms with Gasteiger partial charge in [0.05, 0.1) is 17.4 Å². The third-order valence-corrected chi connectivity index (χ3v) is 4.96. The monoisotopic (exact) mass is 352 g/mol. The first-order valence-electron chi connectivity index (χ1n) is 7.98. The topological polar surface area (TPSA) is 52.7 Å². The number of allylic oxidation sites excluding steroid dienone is 6. The fourth-order valence-electron chi connectivity index (χ4n) is 2.72. The maximum atomic E-state index is 12.6. The molecule has 0 aliphatic carbocycles. The molecule has 0 atom stereocenters. The summed E-state index contributed by atoms with van der Waals surface area (Å²) in [6, 6.07) is 0. The largest absolute Gasteiger partial charge is 0.323 e. The maximum Gasteiger partial charge on any atom is 0.291 e. The zero-order valence-electron chi connectivity index (χ0n) is 14.4. The molecule has 3 rings (SSSR count). The van der Waals surface area contributed by atoms with Crippen LogP contribution in [0.15, 0.2) is 60.1 Å². The van der Waals surface area contributed by atoms with Crippen LogP contribution in [0.1, 0.15) is 11.9 Å². The van der Waals surface area contributed by atoms with Gasteiger partial charge >= 0.3 is 0 Å². The first-order valence-corrected chi connectivity index (χ1v) is 8.80. The molecule has 0 aromatic carbocycles. The van der Waals surface area contributed by atoms with Crippen LogP contribution in [0.25, 0.3) is 21.3 Å². The summed E-state index contributed by atoms with van der Waals surface area (Å²) in [6.07, 6.45) is 12.0. The van der Waals surface area contributed by atoms with Crippen LogP contribution in [-0.4, -0.2) is 19.3 Å². The molecule has 0 unspecified atom stereocenters. The quantitative estimate of drug-likeness (QED) is 0.501. The summed E-state index contributed by atoms with van der Waals surface area (Å²) in [4.78, 5) is 17.3. The van der Waals surface area contributed by atoms with Crippen LogP contribution >= 0.6 is 11.3 Å². The lowest BCUT2D eigenvalue weighted by Gasteiger charge is -2.02. The zero-order valence-corrected chi connectivity index (χ0v) is 15.2. The maximum absolute atomic E-state index is 12.6. The van der Waals surface area contributed by atoms with Crippen molar-refractivity contribution >= 4 is 32.6 Å². The molecule has 0 saturated heterocycles. The smallest absolute Gasteiger partial charge is 0.291 e. The Morgan fingerprint density at radius 2 is 2.20 bits per heavy atom. The zero-order chi connectivity index (χ0) is 18.0. The highest BCUT2D eigenvalue weighted by molar-refractivity contribution is 7.19. The van der Waals surface area contributed by atoms with Crippen molar-refractivity contribution in [1.29, 1.82) is 0 Å². The molecule has 0 aliphatic rings. The minimum absolute atomic E-state index is 0.120. The molecule has 0 aliphatic heterocycles. The van der Waals surface area contributed by atoms with E-state index in [9.17, 15) is 4.79 Å². The van der Waals surface area contributed by atoms with Gasteiger partial charge in [0, 0.05) is 18.9 Å². The number of rotatable bonds is 6. The molecule has 0 spiro atoms. The van der Waals surface area contributed by atoms with Gasteiger partial charge in [0.1, 0.15) is 10.5 Å². The Balaban J connectivity index is 2.03. The Hall–Kier alpha value is -2.73. The lowest BCUT2D eigenvalue weighted by Crippen LogP contribution is -2.23. The van der Waals surface area contributed by atoms with E-state index in [0.717, 1.165) is 26.3 Å². The van der Waals surface area contributed by atoms with E-state index in [1.807, 2.05) is 42.8 Å². The lowest BCUT2D eigenvalue weighted by molar-refractivity contribution is 0.657. The first-order chi connectivity index (χ1) is 12.1. The van der Waals surface area contributed by atoms with Crippen molar-refractivity contribution < 1.29 is 0 Å². The Kier molecular flexibility index (Phi) is 4.81. The number of aryl methyl sites for hydroxylation is 1. The fraction of sp³-hybridized carbons (Fsp3) is 0.211. The van der Waals surface area contributed by atoms with E-state index in [0.29, 0.717) is 18.5 Å². The second kappa shape index (κ2) is 7.03. The minimum Gasteiger partial charge on any atom is -0.323 e. The van der Waals surface area contributed by atoms with Gasteiger partial charge in [-0.3, -0.25) is 4.79 Å². The molecule has 0 amide bonds. The van der Waals surface area contributed by atoms with E-state index in [1.54, 1.807) is 23.6 Å². The molecule has 3 aromatic heterocycles. The summed E-state index contributed by atoms with van der Waals surface area (Å²) in [7, 11) is 1.87. The Morgan fingerprint density at radius 3 is 2.92 bits per heavy atom. The molecule has 0 radical (unpaired) electrons. The predicted molar refractivity (Wildman–Crippen MR) is 105 cm³/mol. The standard InChI is InChI=1S/C19H20N4OS/c1-5-7-8-9-13(3)11-15-21-18-17(25-15)14-12-20-23(10-6-2)19(24)16(14)22(18)4/h5-9,12H,2-3,10-11H2,1,4H3/b7-5-,9-8-. The van der Waals surface area contributed by atoms with E-state index in [1.165, 1.54) is 4.68 Å². The predicted octanol–water partition coefficient (Wildman–Crippen LogP) is 3.76. The summed E-state index contributed by atoms with van der Waals surface area (Å²) in [5, 5.41) is 6.07. The Bertz CT molecular complexity index is 1080. The van der Waals surface area contributed by atoms with E-state index in [4.69, 9.17) is 4.98 Å². The second-order valence-corrected chi connectivity index (χ2v) is 6.81. The summed E-state index contributed by atoms with van der Waals surface area (Å²) in [5.74, 6) is 0. The summed E-state index contributed by atoms with van der Waals surface area (Å²) < 4.78 is 4.26. The molecule has 0 bridgehead atoms. The fourth-order valence-corrected chi connectivity index (χ4v) is 3.87. The Morgan fingerprint density at radius 1 is 1.40 bits per heavy atom. The highest BCUT2D eigenvalue weighted by Crippen LogP contribution is 2.31. The average molecular weight is 352 g/mol. The minimum atomic E-state index is -0.120. The van der Waals surface area contributed by atoms with Crippen LogP contribution in [0.3, 0.4) is 0 Å². The van der Waals surface area contributed by atoms with Crippen molar-refractivity contribution in [2.45, 2.75) is 19.9 Å². The third-order valence-electron chi connectivity index (χ3n) is 3.89. The molecule has 5 nitrogen and oxygen atoms in total. The van der Waals surface area contributed by atoms with Gasteiger partial charge in [-0.15, -0.1) is 17.9 Å². The van der Waals surface area contributed by atoms with Crippen LogP contribution in [0.4, 0.5) is 0 Å². The van der Waals surface area contributed by atoms with Gasteiger partial charge in [-0.2, -0.15) is 5.10 Å². The van der Waals surface area contributed by atoms with Gasteiger partial charge in [0.25, 0.3) is 5.56 Å². The van der Waals surface area contributed by atoms with Crippen LogP contribution in [0, 0.1) is 0 Å². The van der Waals surface area contributed by atoms with E-state index in [-0.39, 0.29) is 5.56 Å². The summed E-state index contributed by atoms with van der Waals surface area (Å²) in [5.41, 5.74) is 2.32. The first kappa shape index (κ1) is 17.1. The molecule has 3 aromatic rings. The van der Waals surface area contributed by atoms with Crippen molar-refractivity contribution in [2.24, 2.45) is 7.05 Å². The van der Waals surface area contributed by atoms with Gasteiger partial charge < -0.3 is 4.57 Å². The molecule has 0 N–H and O–H groups in total. The number of fused-ring (bicyclic) bond motifs is 3. The van der Waals surface area contributed by atoms with Gasteiger partial charge in [-0.1, -0.05) is 37.0 Å². The lowest BCUT2D eigenvalue weighted by atomic mass is 10.2. The summed E-state index contributed by atoms with van der Waals surface area (Å²) in [6.45, 7) is 10.1. The molecular formula is C19H20N4OS. The highest BCUT2D eigenvalue weighted by atomic mass is 32.1. The van der Waals surface area contributed by atoms with Crippen LogP contribution < -0.4 is 5.56 Å². The van der Waals surface area contributed by atoms with Crippen molar-refractivity contribution in [3.63, 3.8) is 0 Å². The van der Waals surface area contributed by atoms with Crippen LogP contribution in [0.5, 0.6) is 0 Å². The SMILES string of the molecule is C=CCn1ncc2c3sc(CC(=C)/C=C\C=C/C)nc3n(C)c2c1=O. The number of aromatic nitrogens is 4. The number of thiazole rings is 1. The van der Waals surface area contributed by atoms with Gasteiger partial charge in [0.15, 0.2) is 5.65 Å². The van der Waals surface area contributed by atoms with E-state index >= 15 is 0 Å². The second-order valence-electron chi connectivity index (χ2n) is 5.72. The molecular weight excluding hydrogens is 332 g/mol. The van der Waals surface area contributed by atoms with Gasteiger partial charge in [-0.25, -0.2) is 9.67 Å². The van der Waals surface area contributed by atoms with Crippen LogP contribution in [0.2, 0.25) is 0 Å². The molecule has 25 heavy (non-hydrogen) atoms. The number of hydrogen-bond donors (Lipinski definition) is 0. The molecule has 0 fully saturated rings. The van der Waals surface area contributed by atoms with Crippen LogP contribution in [-0.2, 0) is 20.0 Å². The summed E-state index contributed by atoms with van der Waals surface area (Å²) >= 11 is 1.59. The van der Waals surface area contributed by atoms with Crippen molar-refractivity contribution in [2.75, 3.05) is 0 Å². The van der Waals surface area contributed by atoms with Crippen molar-refractivity contribution in [3.05, 3.63) is 70.7 Å². The molecule has 0 saturated carbocycles. The molecule has 128 valence electrons. The highest BCUT2D eigenvalue weighted by Gasteiger charge is 2.17. The molecule has 6 heteroatoms. The normalized spacial score (nSPS) is 12.1. The molecule has 3 heterocycles. The van der Waals surface area contributed by atoms with Crippen molar-refractivity contribution in [3.8, 4) is 0 Å². The Labute approximate surface area is 149 Å². The van der Waals surface area contributed by atoms with E-state index < -0.39 is 0 Å². The van der Waals surface area contributed by atoms with Crippen molar-refractivity contribution in [1.82, 2.24) is 19.3 Å². The van der Waals surface area contributed by atoms with E-state index in [2.05, 4.69) is 18.3 Å². The number of hydrogen-bond acceptors (Lipinski definition) is 4. The third kappa shape index (κ3) is 3.13.